The lowest BCUT2D eigenvalue weighted by atomic mass is 10.1. The van der Waals surface area contributed by atoms with Crippen LogP contribution < -0.4 is 10.5 Å². The van der Waals surface area contributed by atoms with Crippen molar-refractivity contribution in [1.29, 1.82) is 0 Å². The summed E-state index contributed by atoms with van der Waals surface area (Å²) >= 11 is 1.11. The lowest BCUT2D eigenvalue weighted by molar-refractivity contribution is 0.0607. The van der Waals surface area contributed by atoms with Gasteiger partial charge in [-0.05, 0) is 24.3 Å². The van der Waals surface area contributed by atoms with Gasteiger partial charge < -0.3 is 15.2 Å². The number of esters is 1. The maximum atomic E-state index is 11.6. The summed E-state index contributed by atoms with van der Waals surface area (Å²) in [5.74, 6) is 0.302. The van der Waals surface area contributed by atoms with Crippen molar-refractivity contribution in [2.45, 2.75) is 0 Å². The van der Waals surface area contributed by atoms with Crippen molar-refractivity contribution in [2.75, 3.05) is 20.0 Å². The molecule has 2 rings (SSSR count). The first-order valence-electron chi connectivity index (χ1n) is 5.14. The second-order valence-corrected chi connectivity index (χ2v) is 4.48. The molecule has 0 aliphatic carbocycles. The zero-order chi connectivity index (χ0) is 13.1. The average molecular weight is 264 g/mol. The molecular weight excluding hydrogens is 252 g/mol. The van der Waals surface area contributed by atoms with Gasteiger partial charge in [0.15, 0.2) is 5.13 Å². The molecule has 0 radical (unpaired) electrons. The highest BCUT2D eigenvalue weighted by Gasteiger charge is 2.19. The van der Waals surface area contributed by atoms with Crippen molar-refractivity contribution in [3.8, 4) is 17.0 Å². The number of benzene rings is 1. The Bertz CT molecular complexity index is 563. The summed E-state index contributed by atoms with van der Waals surface area (Å²) in [5.41, 5.74) is 6.97. The molecule has 0 unspecified atom stereocenters. The Balaban J connectivity index is 2.45. The van der Waals surface area contributed by atoms with Gasteiger partial charge in [-0.1, -0.05) is 11.3 Å². The molecule has 1 heterocycles. The number of ether oxygens (including phenoxy) is 2. The van der Waals surface area contributed by atoms with E-state index in [2.05, 4.69) is 4.98 Å². The SMILES string of the molecule is COC(=O)c1sc(N)nc1-c1ccc(OC)cc1. The first-order valence-corrected chi connectivity index (χ1v) is 5.96. The quantitative estimate of drug-likeness (QED) is 0.860. The molecule has 1 aromatic carbocycles. The number of methoxy groups -OCH3 is 2. The van der Waals surface area contributed by atoms with Crippen molar-refractivity contribution >= 4 is 22.4 Å². The largest absolute Gasteiger partial charge is 0.497 e. The van der Waals surface area contributed by atoms with Crippen LogP contribution in [0.4, 0.5) is 5.13 Å². The number of anilines is 1. The van der Waals surface area contributed by atoms with E-state index in [9.17, 15) is 4.79 Å². The first-order chi connectivity index (χ1) is 8.65. The normalized spacial score (nSPS) is 10.1. The summed E-state index contributed by atoms with van der Waals surface area (Å²) in [6, 6.07) is 7.23. The van der Waals surface area contributed by atoms with Crippen LogP contribution in [-0.4, -0.2) is 25.2 Å². The molecule has 6 heteroatoms. The fourth-order valence-corrected chi connectivity index (χ4v) is 2.29. The van der Waals surface area contributed by atoms with Gasteiger partial charge in [0.2, 0.25) is 0 Å². The predicted molar refractivity (Wildman–Crippen MR) is 69.9 cm³/mol. The number of hydrogen-bond donors (Lipinski definition) is 1. The molecule has 0 fully saturated rings. The van der Waals surface area contributed by atoms with Gasteiger partial charge in [0.05, 0.1) is 19.9 Å². The third kappa shape index (κ3) is 2.28. The van der Waals surface area contributed by atoms with E-state index in [0.717, 1.165) is 22.6 Å². The molecule has 0 spiro atoms. The number of aromatic nitrogens is 1. The standard InChI is InChI=1S/C12H12N2O3S/c1-16-8-5-3-7(4-6-8)9-10(11(15)17-2)18-12(13)14-9/h3-6H,1-2H3,(H2,13,14). The number of nitrogens with two attached hydrogens (primary N) is 1. The van der Waals surface area contributed by atoms with Gasteiger partial charge in [-0.15, -0.1) is 0 Å². The van der Waals surface area contributed by atoms with Crippen molar-refractivity contribution < 1.29 is 14.3 Å². The van der Waals surface area contributed by atoms with Gasteiger partial charge in [0.1, 0.15) is 10.6 Å². The number of carbonyl (C=O) groups excluding carboxylic acids is 1. The van der Waals surface area contributed by atoms with Crippen molar-refractivity contribution in [3.63, 3.8) is 0 Å². The van der Waals surface area contributed by atoms with E-state index in [4.69, 9.17) is 15.2 Å². The Kier molecular flexibility index (Phi) is 3.47. The summed E-state index contributed by atoms with van der Waals surface area (Å²) in [7, 11) is 2.92. The maximum Gasteiger partial charge on any atom is 0.350 e. The molecule has 2 aromatic rings. The smallest absolute Gasteiger partial charge is 0.350 e. The van der Waals surface area contributed by atoms with Crippen LogP contribution in [0, 0.1) is 0 Å². The van der Waals surface area contributed by atoms with E-state index >= 15 is 0 Å². The van der Waals surface area contributed by atoms with Crippen molar-refractivity contribution in [3.05, 3.63) is 29.1 Å². The van der Waals surface area contributed by atoms with Crippen LogP contribution in [-0.2, 0) is 4.74 Å². The fourth-order valence-electron chi connectivity index (χ4n) is 1.51. The highest BCUT2D eigenvalue weighted by Crippen LogP contribution is 2.31. The minimum Gasteiger partial charge on any atom is -0.497 e. The molecule has 18 heavy (non-hydrogen) atoms. The van der Waals surface area contributed by atoms with E-state index in [-0.39, 0.29) is 0 Å². The monoisotopic (exact) mass is 264 g/mol. The Hall–Kier alpha value is -2.08. The second kappa shape index (κ2) is 5.05. The van der Waals surface area contributed by atoms with Crippen LogP contribution in [0.5, 0.6) is 5.75 Å². The molecule has 0 amide bonds. The van der Waals surface area contributed by atoms with Gasteiger partial charge >= 0.3 is 5.97 Å². The lowest BCUT2D eigenvalue weighted by Gasteiger charge is -2.02. The Morgan fingerprint density at radius 2 is 1.94 bits per heavy atom. The third-order valence-electron chi connectivity index (χ3n) is 2.38. The molecule has 5 nitrogen and oxygen atoms in total. The van der Waals surface area contributed by atoms with Crippen LogP contribution in [0.25, 0.3) is 11.3 Å². The Morgan fingerprint density at radius 3 is 2.50 bits per heavy atom. The number of thiazole rings is 1. The predicted octanol–water partition coefficient (Wildman–Crippen LogP) is 2.19. The van der Waals surface area contributed by atoms with Crippen LogP contribution in [0.15, 0.2) is 24.3 Å². The Morgan fingerprint density at radius 1 is 1.28 bits per heavy atom. The van der Waals surface area contributed by atoms with E-state index in [1.165, 1.54) is 7.11 Å². The van der Waals surface area contributed by atoms with E-state index < -0.39 is 5.97 Å². The second-order valence-electron chi connectivity index (χ2n) is 3.45. The zero-order valence-electron chi connectivity index (χ0n) is 9.97. The molecule has 0 bridgehead atoms. The summed E-state index contributed by atoms with van der Waals surface area (Å²) in [4.78, 5) is 16.2. The van der Waals surface area contributed by atoms with E-state index in [0.29, 0.717) is 15.7 Å². The molecule has 0 saturated carbocycles. The van der Waals surface area contributed by atoms with Crippen molar-refractivity contribution in [1.82, 2.24) is 4.98 Å². The number of nitrogen functional groups attached to an aromatic ring is 1. The highest BCUT2D eigenvalue weighted by molar-refractivity contribution is 7.17. The highest BCUT2D eigenvalue weighted by atomic mass is 32.1. The minimum atomic E-state index is -0.435. The van der Waals surface area contributed by atoms with Crippen LogP contribution in [0.3, 0.4) is 0 Å². The molecule has 1 aromatic heterocycles. The molecule has 0 atom stereocenters. The van der Waals surface area contributed by atoms with Crippen molar-refractivity contribution in [2.24, 2.45) is 0 Å². The van der Waals surface area contributed by atoms with Gasteiger partial charge in [-0.25, -0.2) is 9.78 Å². The third-order valence-corrected chi connectivity index (χ3v) is 3.24. The summed E-state index contributed by atoms with van der Waals surface area (Å²) in [6.45, 7) is 0. The lowest BCUT2D eigenvalue weighted by Crippen LogP contribution is -2.00. The van der Waals surface area contributed by atoms with E-state index in [1.54, 1.807) is 19.2 Å². The molecule has 0 aliphatic rings. The molecular formula is C12H12N2O3S. The van der Waals surface area contributed by atoms with Gasteiger partial charge in [0, 0.05) is 5.56 Å². The summed E-state index contributed by atoms with van der Waals surface area (Å²) in [6.07, 6.45) is 0. The maximum absolute atomic E-state index is 11.6. The minimum absolute atomic E-state index is 0.334. The topological polar surface area (TPSA) is 74.4 Å². The van der Waals surface area contributed by atoms with Crippen LogP contribution in [0.1, 0.15) is 9.67 Å². The summed E-state index contributed by atoms with van der Waals surface area (Å²) < 4.78 is 9.78. The zero-order valence-corrected chi connectivity index (χ0v) is 10.8. The average Bonchev–Trinajstić information content (AvgIpc) is 2.80. The van der Waals surface area contributed by atoms with E-state index in [1.807, 2.05) is 12.1 Å². The Labute approximate surface area is 108 Å². The summed E-state index contributed by atoms with van der Waals surface area (Å²) in [5, 5.41) is 0.334. The van der Waals surface area contributed by atoms with Crippen LogP contribution >= 0.6 is 11.3 Å². The first kappa shape index (κ1) is 12.4. The number of carbonyl (C=O) groups is 1. The number of hydrogen-bond acceptors (Lipinski definition) is 6. The molecule has 0 saturated heterocycles. The molecule has 0 aliphatic heterocycles. The van der Waals surface area contributed by atoms with Gasteiger partial charge in [-0.3, -0.25) is 0 Å². The fraction of sp³-hybridized carbons (Fsp3) is 0.167. The molecule has 94 valence electrons. The van der Waals surface area contributed by atoms with Gasteiger partial charge in [-0.2, -0.15) is 0 Å². The number of nitrogens with zero attached hydrogens (tertiary/aromatic N) is 1. The molecule has 2 N–H and O–H groups in total. The number of rotatable bonds is 3. The van der Waals surface area contributed by atoms with Gasteiger partial charge in [0.25, 0.3) is 0 Å². The van der Waals surface area contributed by atoms with Crippen LogP contribution in [0.2, 0.25) is 0 Å².